The predicted molar refractivity (Wildman–Crippen MR) is 284 cm³/mol. The van der Waals surface area contributed by atoms with Crippen LogP contribution in [0.25, 0.3) is 32.7 Å². The second-order valence-corrected chi connectivity index (χ2v) is 17.7. The maximum absolute atomic E-state index is 2.40. The summed E-state index contributed by atoms with van der Waals surface area (Å²) in [5.74, 6) is 0. The molecule has 0 aliphatic heterocycles. The lowest BCUT2D eigenvalue weighted by molar-refractivity contribution is 0.535. The molecule has 0 bridgehead atoms. The summed E-state index contributed by atoms with van der Waals surface area (Å²) in [6, 6.07) is 92.7. The van der Waals surface area contributed by atoms with Crippen LogP contribution < -0.4 is 9.80 Å². The molecule has 1 fully saturated rings. The average molecular weight is 861 g/mol. The van der Waals surface area contributed by atoms with Crippen molar-refractivity contribution in [2.45, 2.75) is 31.1 Å². The molecule has 10 aromatic carbocycles. The Hall–Kier alpha value is -8.20. The first-order valence-electron chi connectivity index (χ1n) is 23.6. The van der Waals surface area contributed by atoms with E-state index in [1.807, 2.05) is 0 Å². The molecule has 0 amide bonds. The fraction of sp³-hybridized carbons (Fsp3) is 0.0769. The minimum atomic E-state index is -0.0752. The van der Waals surface area contributed by atoms with Crippen molar-refractivity contribution in [3.63, 3.8) is 0 Å². The molecule has 10 aromatic rings. The number of anilines is 4. The van der Waals surface area contributed by atoms with Crippen LogP contribution in [0.15, 0.2) is 267 Å². The minimum Gasteiger partial charge on any atom is -0.317 e. The Morgan fingerprint density at radius 2 is 0.642 bits per heavy atom. The lowest BCUT2D eigenvalue weighted by atomic mass is 9.73. The summed E-state index contributed by atoms with van der Waals surface area (Å²) in [5, 5.41) is 4.94. The van der Waals surface area contributed by atoms with Crippen molar-refractivity contribution < 1.29 is 0 Å². The zero-order chi connectivity index (χ0) is 44.8. The van der Waals surface area contributed by atoms with Crippen molar-refractivity contribution in [2.75, 3.05) is 9.80 Å². The van der Waals surface area contributed by atoms with Crippen molar-refractivity contribution in [1.82, 2.24) is 0 Å². The van der Waals surface area contributed by atoms with Crippen LogP contribution in [0.3, 0.4) is 0 Å². The Morgan fingerprint density at radius 1 is 0.313 bits per heavy atom. The van der Waals surface area contributed by atoms with Crippen molar-refractivity contribution in [3.8, 4) is 0 Å². The average Bonchev–Trinajstić information content (AvgIpc) is 3.92. The SMILES string of the molecule is C(=C(c1ccccc1)c1cccc2ccccc12)N(c1ccccc1)c1ccc(C2(c3ccc(N(C=C(c4ccccc4)c4cccc5ccccc45)c4ccccc4)cc3)CCCC2)cc1. The molecule has 11 rings (SSSR count). The standard InChI is InChI=1S/C65H52N2/c1-5-21-51(22-6-1)63(61-35-19-27-49-25-13-15-33-59(49)61)47-66(55-29-9-3-10-30-55)57-41-37-53(38-42-57)65(45-17-18-46-65)54-39-43-58(44-40-54)67(56-31-11-4-12-32-56)48-64(52-23-7-2-8-24-52)62-36-20-28-50-26-14-16-34-60(50)62/h1-16,19-44,47-48H,17-18,45-46H2. The first-order valence-corrected chi connectivity index (χ1v) is 23.6. The number of hydrogen-bond acceptors (Lipinski definition) is 2. The monoisotopic (exact) mass is 860 g/mol. The third-order valence-corrected chi connectivity index (χ3v) is 13.8. The molecule has 1 aliphatic rings. The van der Waals surface area contributed by atoms with E-state index in [4.69, 9.17) is 0 Å². The molecule has 0 atom stereocenters. The smallest absolute Gasteiger partial charge is 0.0455 e. The third kappa shape index (κ3) is 8.35. The quantitative estimate of drug-likeness (QED) is 0.121. The second-order valence-electron chi connectivity index (χ2n) is 17.7. The summed E-state index contributed by atoms with van der Waals surface area (Å²) in [6.45, 7) is 0. The van der Waals surface area contributed by atoms with Crippen LogP contribution in [0, 0.1) is 0 Å². The molecule has 2 nitrogen and oxygen atoms in total. The van der Waals surface area contributed by atoms with Crippen molar-refractivity contribution in [3.05, 3.63) is 301 Å². The van der Waals surface area contributed by atoms with Crippen molar-refractivity contribution in [2.24, 2.45) is 0 Å². The summed E-state index contributed by atoms with van der Waals surface area (Å²) in [6.07, 6.45) is 9.32. The van der Waals surface area contributed by atoms with Gasteiger partial charge >= 0.3 is 0 Å². The van der Waals surface area contributed by atoms with Crippen LogP contribution in [-0.4, -0.2) is 0 Å². The van der Waals surface area contributed by atoms with E-state index in [-0.39, 0.29) is 5.41 Å². The highest BCUT2D eigenvalue weighted by atomic mass is 15.1. The van der Waals surface area contributed by atoms with E-state index in [0.717, 1.165) is 35.6 Å². The van der Waals surface area contributed by atoms with Gasteiger partial charge in [0.25, 0.3) is 0 Å². The van der Waals surface area contributed by atoms with Gasteiger partial charge in [0, 0.05) is 51.7 Å². The molecule has 1 aliphatic carbocycles. The molecule has 0 N–H and O–H groups in total. The van der Waals surface area contributed by atoms with Gasteiger partial charge in [-0.1, -0.05) is 219 Å². The maximum Gasteiger partial charge on any atom is 0.0455 e. The number of benzene rings is 10. The lowest BCUT2D eigenvalue weighted by Gasteiger charge is -2.32. The second kappa shape index (κ2) is 18.7. The topological polar surface area (TPSA) is 6.48 Å². The molecule has 0 spiro atoms. The van der Waals surface area contributed by atoms with Crippen molar-refractivity contribution >= 4 is 55.4 Å². The number of fused-ring (bicyclic) bond motifs is 2. The zero-order valence-corrected chi connectivity index (χ0v) is 37.6. The molecule has 2 heteroatoms. The van der Waals surface area contributed by atoms with Gasteiger partial charge in [0.2, 0.25) is 0 Å². The van der Waals surface area contributed by atoms with Crippen molar-refractivity contribution in [1.29, 1.82) is 0 Å². The highest BCUT2D eigenvalue weighted by Crippen LogP contribution is 2.48. The van der Waals surface area contributed by atoms with Gasteiger partial charge in [-0.25, -0.2) is 0 Å². The fourth-order valence-corrected chi connectivity index (χ4v) is 10.4. The Labute approximate surface area is 395 Å². The van der Waals surface area contributed by atoms with Crippen LogP contribution in [0.1, 0.15) is 59.1 Å². The first-order chi connectivity index (χ1) is 33.2. The molecular weight excluding hydrogens is 809 g/mol. The Morgan fingerprint density at radius 3 is 1.04 bits per heavy atom. The lowest BCUT2D eigenvalue weighted by Crippen LogP contribution is -2.24. The molecule has 0 radical (unpaired) electrons. The van der Waals surface area contributed by atoms with Gasteiger partial charge in [-0.3, -0.25) is 0 Å². The van der Waals surface area contributed by atoms with Crippen LogP contribution in [0.5, 0.6) is 0 Å². The summed E-state index contributed by atoms with van der Waals surface area (Å²) in [4.78, 5) is 4.72. The number of hydrogen-bond donors (Lipinski definition) is 0. The molecule has 0 heterocycles. The molecule has 0 saturated heterocycles. The van der Waals surface area contributed by atoms with Gasteiger partial charge in [-0.2, -0.15) is 0 Å². The summed E-state index contributed by atoms with van der Waals surface area (Å²) in [7, 11) is 0. The number of rotatable bonds is 12. The van der Waals surface area contributed by atoms with E-state index in [2.05, 4.69) is 277 Å². The minimum absolute atomic E-state index is 0.0752. The van der Waals surface area contributed by atoms with E-state index >= 15 is 0 Å². The summed E-state index contributed by atoms with van der Waals surface area (Å²) >= 11 is 0. The van der Waals surface area contributed by atoms with E-state index in [0.29, 0.717) is 0 Å². The number of para-hydroxylation sites is 2. The van der Waals surface area contributed by atoms with Crippen LogP contribution >= 0.6 is 0 Å². The fourth-order valence-electron chi connectivity index (χ4n) is 10.4. The molecule has 0 aromatic heterocycles. The summed E-state index contributed by atoms with van der Waals surface area (Å²) < 4.78 is 0. The highest BCUT2D eigenvalue weighted by molar-refractivity contribution is 6.00. The third-order valence-electron chi connectivity index (χ3n) is 13.8. The summed E-state index contributed by atoms with van der Waals surface area (Å²) in [5.41, 5.74) is 14.3. The van der Waals surface area contributed by atoms with Crippen LogP contribution in [0.2, 0.25) is 0 Å². The van der Waals surface area contributed by atoms with Gasteiger partial charge in [-0.15, -0.1) is 0 Å². The van der Waals surface area contributed by atoms with Gasteiger partial charge in [0.05, 0.1) is 0 Å². The Kier molecular flexibility index (Phi) is 11.6. The van der Waals surface area contributed by atoms with Gasteiger partial charge in [0.1, 0.15) is 0 Å². The normalized spacial score (nSPS) is 13.7. The largest absolute Gasteiger partial charge is 0.317 e. The van der Waals surface area contributed by atoms with E-state index in [9.17, 15) is 0 Å². The molecular formula is C65H52N2. The number of nitrogens with zero attached hydrogens (tertiary/aromatic N) is 2. The van der Waals surface area contributed by atoms with Gasteiger partial charge < -0.3 is 9.80 Å². The highest BCUT2D eigenvalue weighted by Gasteiger charge is 2.37. The molecule has 67 heavy (non-hydrogen) atoms. The van der Waals surface area contributed by atoms with Crippen LogP contribution in [-0.2, 0) is 5.41 Å². The van der Waals surface area contributed by atoms with E-state index in [1.54, 1.807) is 0 Å². The predicted octanol–water partition coefficient (Wildman–Crippen LogP) is 17.3. The van der Waals surface area contributed by atoms with Gasteiger partial charge in [-0.05, 0) is 116 Å². The molecule has 1 saturated carbocycles. The zero-order valence-electron chi connectivity index (χ0n) is 37.6. The molecule has 0 unspecified atom stereocenters. The molecule has 322 valence electrons. The Balaban J connectivity index is 0.982. The van der Waals surface area contributed by atoms with E-state index in [1.165, 1.54) is 78.9 Å². The Bertz CT molecular complexity index is 3080. The first kappa shape index (κ1) is 41.5. The van der Waals surface area contributed by atoms with Gasteiger partial charge in [0.15, 0.2) is 0 Å². The van der Waals surface area contributed by atoms with E-state index < -0.39 is 0 Å². The maximum atomic E-state index is 2.40. The van der Waals surface area contributed by atoms with Crippen LogP contribution in [0.4, 0.5) is 22.7 Å².